The molecular formula is C11H11NO2S. The van der Waals surface area contributed by atoms with Crippen LogP contribution in [0.1, 0.15) is 22.8 Å². The molecule has 4 heteroatoms. The van der Waals surface area contributed by atoms with Gasteiger partial charge in [0.2, 0.25) is 0 Å². The van der Waals surface area contributed by atoms with E-state index in [0.717, 1.165) is 4.90 Å². The summed E-state index contributed by atoms with van der Waals surface area (Å²) in [6.07, 6.45) is 1.87. The lowest BCUT2D eigenvalue weighted by molar-refractivity contribution is 0.0525. The number of ether oxygens (including phenoxy) is 1. The third-order valence-corrected chi connectivity index (χ3v) is 2.63. The van der Waals surface area contributed by atoms with Gasteiger partial charge in [-0.1, -0.05) is 6.07 Å². The smallest absolute Gasteiger partial charge is 0.339 e. The molecule has 0 atom stereocenters. The van der Waals surface area contributed by atoms with Crippen molar-refractivity contribution in [3.05, 3.63) is 29.3 Å². The second-order valence-corrected chi connectivity index (χ2v) is 3.56. The summed E-state index contributed by atoms with van der Waals surface area (Å²) in [5, 5.41) is 8.98. The van der Waals surface area contributed by atoms with E-state index in [4.69, 9.17) is 10.00 Å². The summed E-state index contributed by atoms with van der Waals surface area (Å²) in [7, 11) is 0. The molecule has 1 aromatic rings. The van der Waals surface area contributed by atoms with Crippen molar-refractivity contribution in [2.24, 2.45) is 0 Å². The minimum absolute atomic E-state index is 0.313. The molecule has 78 valence electrons. The Kier molecular flexibility index (Phi) is 4.19. The summed E-state index contributed by atoms with van der Waals surface area (Å²) in [5.74, 6) is -0.440. The number of benzene rings is 1. The van der Waals surface area contributed by atoms with Gasteiger partial charge in [0.05, 0.1) is 17.7 Å². The average molecular weight is 221 g/mol. The predicted molar refractivity (Wildman–Crippen MR) is 58.9 cm³/mol. The Morgan fingerprint density at radius 2 is 2.33 bits per heavy atom. The van der Waals surface area contributed by atoms with Crippen LogP contribution in [0.4, 0.5) is 0 Å². The van der Waals surface area contributed by atoms with Gasteiger partial charge in [-0.2, -0.15) is 5.26 Å². The first-order valence-corrected chi connectivity index (χ1v) is 5.71. The second kappa shape index (κ2) is 5.42. The highest BCUT2D eigenvalue weighted by Gasteiger charge is 2.14. The lowest BCUT2D eigenvalue weighted by Gasteiger charge is -2.06. The molecule has 0 saturated heterocycles. The summed E-state index contributed by atoms with van der Waals surface area (Å²) in [6.45, 7) is 2.05. The molecule has 0 bridgehead atoms. The SMILES string of the molecule is CCOC(=O)c1cccc(SC)c1C#N. The maximum Gasteiger partial charge on any atom is 0.339 e. The summed E-state index contributed by atoms with van der Waals surface area (Å²) < 4.78 is 4.87. The van der Waals surface area contributed by atoms with Crippen molar-refractivity contribution >= 4 is 17.7 Å². The zero-order chi connectivity index (χ0) is 11.3. The standard InChI is InChI=1S/C11H11NO2S/c1-3-14-11(13)8-5-4-6-10(15-2)9(8)7-12/h4-6H,3H2,1-2H3. The van der Waals surface area contributed by atoms with E-state index in [2.05, 4.69) is 0 Å². The molecule has 1 aromatic carbocycles. The van der Waals surface area contributed by atoms with E-state index in [1.54, 1.807) is 19.1 Å². The number of nitriles is 1. The molecule has 0 heterocycles. The molecule has 0 N–H and O–H groups in total. The number of nitrogens with zero attached hydrogens (tertiary/aromatic N) is 1. The van der Waals surface area contributed by atoms with E-state index in [-0.39, 0.29) is 0 Å². The van der Waals surface area contributed by atoms with Crippen molar-refractivity contribution in [2.45, 2.75) is 11.8 Å². The Bertz CT molecular complexity index is 410. The lowest BCUT2D eigenvalue weighted by Crippen LogP contribution is -2.07. The third-order valence-electron chi connectivity index (χ3n) is 1.85. The fourth-order valence-corrected chi connectivity index (χ4v) is 1.77. The molecule has 0 amide bonds. The summed E-state index contributed by atoms with van der Waals surface area (Å²) in [5.41, 5.74) is 0.731. The van der Waals surface area contributed by atoms with Gasteiger partial charge in [0.15, 0.2) is 0 Å². The Balaban J connectivity index is 3.18. The van der Waals surface area contributed by atoms with Crippen LogP contribution in [0.5, 0.6) is 0 Å². The van der Waals surface area contributed by atoms with E-state index >= 15 is 0 Å². The van der Waals surface area contributed by atoms with Crippen molar-refractivity contribution in [3.63, 3.8) is 0 Å². The Morgan fingerprint density at radius 1 is 1.60 bits per heavy atom. The van der Waals surface area contributed by atoms with Crippen LogP contribution in [0, 0.1) is 11.3 Å². The molecule has 0 aliphatic heterocycles. The molecule has 0 unspecified atom stereocenters. The van der Waals surface area contributed by atoms with Gasteiger partial charge >= 0.3 is 5.97 Å². The van der Waals surface area contributed by atoms with Crippen molar-refractivity contribution in [1.29, 1.82) is 5.26 Å². The zero-order valence-electron chi connectivity index (χ0n) is 8.61. The molecule has 0 radical (unpaired) electrons. The Hall–Kier alpha value is -1.47. The highest BCUT2D eigenvalue weighted by molar-refractivity contribution is 7.98. The van der Waals surface area contributed by atoms with Gasteiger partial charge < -0.3 is 4.74 Å². The lowest BCUT2D eigenvalue weighted by atomic mass is 10.1. The molecule has 0 aliphatic carbocycles. The van der Waals surface area contributed by atoms with Crippen LogP contribution in [0.15, 0.2) is 23.1 Å². The molecule has 0 aromatic heterocycles. The minimum atomic E-state index is -0.440. The quantitative estimate of drug-likeness (QED) is 0.581. The topological polar surface area (TPSA) is 50.1 Å². The van der Waals surface area contributed by atoms with Crippen molar-refractivity contribution in [1.82, 2.24) is 0 Å². The van der Waals surface area contributed by atoms with E-state index in [1.165, 1.54) is 11.8 Å². The number of carbonyl (C=O) groups is 1. The van der Waals surface area contributed by atoms with E-state index in [9.17, 15) is 4.79 Å². The predicted octanol–water partition coefficient (Wildman–Crippen LogP) is 2.46. The minimum Gasteiger partial charge on any atom is -0.462 e. The molecule has 0 spiro atoms. The van der Waals surface area contributed by atoms with Gasteiger partial charge in [0.25, 0.3) is 0 Å². The van der Waals surface area contributed by atoms with Gasteiger partial charge in [-0.3, -0.25) is 0 Å². The summed E-state index contributed by atoms with van der Waals surface area (Å²) in [4.78, 5) is 12.3. The Morgan fingerprint density at radius 3 is 2.87 bits per heavy atom. The van der Waals surface area contributed by atoms with E-state index in [0.29, 0.717) is 17.7 Å². The first kappa shape index (κ1) is 11.6. The third kappa shape index (κ3) is 2.51. The van der Waals surface area contributed by atoms with Crippen molar-refractivity contribution in [2.75, 3.05) is 12.9 Å². The molecule has 0 fully saturated rings. The number of esters is 1. The van der Waals surface area contributed by atoms with Crippen LogP contribution in [0.2, 0.25) is 0 Å². The van der Waals surface area contributed by atoms with Crippen molar-refractivity contribution in [3.8, 4) is 6.07 Å². The monoisotopic (exact) mass is 221 g/mol. The highest BCUT2D eigenvalue weighted by Crippen LogP contribution is 2.23. The molecule has 3 nitrogen and oxygen atoms in total. The van der Waals surface area contributed by atoms with Gasteiger partial charge in [-0.15, -0.1) is 11.8 Å². The van der Waals surface area contributed by atoms with Crippen LogP contribution < -0.4 is 0 Å². The van der Waals surface area contributed by atoms with Gasteiger partial charge in [-0.05, 0) is 25.3 Å². The summed E-state index contributed by atoms with van der Waals surface area (Å²) in [6, 6.07) is 7.20. The highest BCUT2D eigenvalue weighted by atomic mass is 32.2. The van der Waals surface area contributed by atoms with Crippen LogP contribution in [0.3, 0.4) is 0 Å². The molecule has 0 saturated carbocycles. The number of hydrogen-bond donors (Lipinski definition) is 0. The Labute approximate surface area is 93.0 Å². The number of carbonyl (C=O) groups excluding carboxylic acids is 1. The maximum atomic E-state index is 11.5. The van der Waals surface area contributed by atoms with Crippen LogP contribution >= 0.6 is 11.8 Å². The fraction of sp³-hybridized carbons (Fsp3) is 0.273. The maximum absolute atomic E-state index is 11.5. The first-order chi connectivity index (χ1) is 7.24. The van der Waals surface area contributed by atoms with Gasteiger partial charge in [0.1, 0.15) is 6.07 Å². The number of rotatable bonds is 3. The normalized spacial score (nSPS) is 9.40. The first-order valence-electron chi connectivity index (χ1n) is 4.48. The number of hydrogen-bond acceptors (Lipinski definition) is 4. The van der Waals surface area contributed by atoms with Crippen molar-refractivity contribution < 1.29 is 9.53 Å². The van der Waals surface area contributed by atoms with Crippen LogP contribution in [-0.4, -0.2) is 18.8 Å². The average Bonchev–Trinajstić information content (AvgIpc) is 2.28. The molecule has 15 heavy (non-hydrogen) atoms. The molecular weight excluding hydrogens is 210 g/mol. The number of thioether (sulfide) groups is 1. The van der Waals surface area contributed by atoms with Gasteiger partial charge in [-0.25, -0.2) is 4.79 Å². The molecule has 0 aliphatic rings. The fourth-order valence-electron chi connectivity index (χ4n) is 1.20. The summed E-state index contributed by atoms with van der Waals surface area (Å²) >= 11 is 1.44. The largest absolute Gasteiger partial charge is 0.462 e. The van der Waals surface area contributed by atoms with E-state index in [1.807, 2.05) is 18.4 Å². The zero-order valence-corrected chi connectivity index (χ0v) is 9.43. The molecule has 1 rings (SSSR count). The van der Waals surface area contributed by atoms with Crippen LogP contribution in [-0.2, 0) is 4.74 Å². The van der Waals surface area contributed by atoms with Crippen LogP contribution in [0.25, 0.3) is 0 Å². The second-order valence-electron chi connectivity index (χ2n) is 2.72. The van der Waals surface area contributed by atoms with Gasteiger partial charge in [0, 0.05) is 4.90 Å². The van der Waals surface area contributed by atoms with E-state index < -0.39 is 5.97 Å².